The first-order chi connectivity index (χ1) is 11.5. The summed E-state index contributed by atoms with van der Waals surface area (Å²) in [5.41, 5.74) is 0.326. The molecule has 0 aliphatic heterocycles. The Morgan fingerprint density at radius 1 is 1.04 bits per heavy atom. The lowest BCUT2D eigenvalue weighted by atomic mass is 10.1. The van der Waals surface area contributed by atoms with E-state index in [0.717, 1.165) is 0 Å². The van der Waals surface area contributed by atoms with Crippen molar-refractivity contribution in [2.24, 2.45) is 0 Å². The number of carbonyl (C=O) groups excluding carboxylic acids is 2. The van der Waals surface area contributed by atoms with Gasteiger partial charge in [-0.2, -0.15) is 0 Å². The summed E-state index contributed by atoms with van der Waals surface area (Å²) in [7, 11) is 0. The molecule has 2 N–H and O–H groups in total. The molecule has 0 aliphatic rings. The van der Waals surface area contributed by atoms with Crippen LogP contribution in [-0.2, 0) is 4.79 Å². The van der Waals surface area contributed by atoms with E-state index >= 15 is 0 Å². The van der Waals surface area contributed by atoms with E-state index < -0.39 is 5.97 Å². The number of fused-ring (bicyclic) bond motifs is 1. The first kappa shape index (κ1) is 15.5. The Balaban J connectivity index is 1.82. The molecule has 0 saturated heterocycles. The van der Waals surface area contributed by atoms with Gasteiger partial charge in [-0.05, 0) is 41.8 Å². The number of aromatic nitrogens is 1. The summed E-state index contributed by atoms with van der Waals surface area (Å²) in [4.78, 5) is 37.7. The fourth-order valence-corrected chi connectivity index (χ4v) is 2.29. The number of hydrogen-bond acceptors (Lipinski definition) is 4. The number of esters is 1. The van der Waals surface area contributed by atoms with E-state index in [1.165, 1.54) is 6.92 Å². The van der Waals surface area contributed by atoms with E-state index in [9.17, 15) is 14.4 Å². The van der Waals surface area contributed by atoms with Crippen LogP contribution in [0.4, 0.5) is 5.69 Å². The van der Waals surface area contributed by atoms with E-state index in [1.807, 2.05) is 0 Å². The molecule has 0 saturated carbocycles. The number of H-pyrrole nitrogens is 1. The minimum Gasteiger partial charge on any atom is -0.422 e. The van der Waals surface area contributed by atoms with Crippen LogP contribution in [0.2, 0.25) is 0 Å². The van der Waals surface area contributed by atoms with Crippen LogP contribution in [0.1, 0.15) is 17.4 Å². The Morgan fingerprint density at radius 3 is 2.46 bits per heavy atom. The second kappa shape index (κ2) is 6.37. The van der Waals surface area contributed by atoms with Gasteiger partial charge in [0, 0.05) is 18.0 Å². The Morgan fingerprint density at radius 2 is 1.75 bits per heavy atom. The zero-order chi connectivity index (χ0) is 17.1. The summed E-state index contributed by atoms with van der Waals surface area (Å²) in [6.07, 6.45) is 0. The lowest BCUT2D eigenvalue weighted by molar-refractivity contribution is -0.114. The number of aromatic amines is 1. The van der Waals surface area contributed by atoms with E-state index in [-0.39, 0.29) is 17.2 Å². The number of amides is 1. The predicted octanol–water partition coefficient (Wildman–Crippen LogP) is 2.71. The van der Waals surface area contributed by atoms with Gasteiger partial charge in [-0.3, -0.25) is 9.59 Å². The van der Waals surface area contributed by atoms with Crippen LogP contribution >= 0.6 is 0 Å². The largest absolute Gasteiger partial charge is 0.422 e. The maximum atomic E-state index is 12.2. The Bertz CT molecular complexity index is 974. The molecular weight excluding hydrogens is 308 g/mol. The molecule has 2 aromatic carbocycles. The highest BCUT2D eigenvalue weighted by Crippen LogP contribution is 2.17. The average Bonchev–Trinajstić information content (AvgIpc) is 2.56. The third-order valence-electron chi connectivity index (χ3n) is 3.36. The molecule has 120 valence electrons. The molecule has 6 heteroatoms. The van der Waals surface area contributed by atoms with Crippen molar-refractivity contribution in [2.45, 2.75) is 6.92 Å². The third kappa shape index (κ3) is 3.33. The van der Waals surface area contributed by atoms with Crippen LogP contribution in [-0.4, -0.2) is 16.9 Å². The molecule has 3 aromatic rings. The smallest absolute Gasteiger partial charge is 0.360 e. The molecule has 24 heavy (non-hydrogen) atoms. The Kier molecular flexibility index (Phi) is 4.11. The molecule has 0 atom stereocenters. The van der Waals surface area contributed by atoms with Crippen LogP contribution < -0.4 is 15.6 Å². The minimum atomic E-state index is -0.662. The quantitative estimate of drug-likeness (QED) is 0.573. The number of pyridine rings is 1. The van der Waals surface area contributed by atoms with Crippen molar-refractivity contribution >= 4 is 28.3 Å². The van der Waals surface area contributed by atoms with Gasteiger partial charge in [0.2, 0.25) is 5.91 Å². The maximum absolute atomic E-state index is 12.2. The first-order valence-corrected chi connectivity index (χ1v) is 7.25. The highest BCUT2D eigenvalue weighted by Gasteiger charge is 2.12. The molecule has 1 heterocycles. The van der Waals surface area contributed by atoms with E-state index in [1.54, 1.807) is 54.6 Å². The van der Waals surface area contributed by atoms with Gasteiger partial charge in [-0.25, -0.2) is 4.79 Å². The summed E-state index contributed by atoms with van der Waals surface area (Å²) >= 11 is 0. The monoisotopic (exact) mass is 322 g/mol. The number of nitrogens with one attached hydrogen (secondary N) is 2. The van der Waals surface area contributed by atoms with Crippen molar-refractivity contribution in [1.29, 1.82) is 0 Å². The van der Waals surface area contributed by atoms with Crippen molar-refractivity contribution < 1.29 is 14.3 Å². The molecule has 0 unspecified atom stereocenters. The van der Waals surface area contributed by atoms with Crippen LogP contribution in [0, 0.1) is 0 Å². The van der Waals surface area contributed by atoms with Gasteiger partial charge in [0.15, 0.2) is 0 Å². The van der Waals surface area contributed by atoms with Crippen molar-refractivity contribution in [2.75, 3.05) is 5.32 Å². The van der Waals surface area contributed by atoms with Gasteiger partial charge in [0.05, 0.1) is 0 Å². The number of hydrogen-bond donors (Lipinski definition) is 2. The topological polar surface area (TPSA) is 88.3 Å². The first-order valence-electron chi connectivity index (χ1n) is 7.25. The number of ether oxygens (including phenoxy) is 1. The van der Waals surface area contributed by atoms with Crippen LogP contribution in [0.3, 0.4) is 0 Å². The molecular formula is C18H14N2O4. The molecule has 0 spiro atoms. The van der Waals surface area contributed by atoms with Crippen LogP contribution in [0.15, 0.2) is 59.4 Å². The molecule has 0 fully saturated rings. The summed E-state index contributed by atoms with van der Waals surface area (Å²) in [6.45, 7) is 1.41. The standard InChI is InChI=1S/C18H14N2O4/c1-11(21)19-13-6-8-14(9-7-13)24-18(23)16-10-12-4-2-3-5-15(12)17(22)20-16/h2-10H,1H3,(H,19,21)(H,20,22). The predicted molar refractivity (Wildman–Crippen MR) is 90.3 cm³/mol. The number of benzene rings is 2. The molecule has 3 rings (SSSR count). The molecule has 1 amide bonds. The van der Waals surface area contributed by atoms with Gasteiger partial charge in [-0.1, -0.05) is 18.2 Å². The summed E-state index contributed by atoms with van der Waals surface area (Å²) < 4.78 is 5.24. The molecule has 6 nitrogen and oxygen atoms in total. The second-order valence-corrected chi connectivity index (χ2v) is 5.19. The zero-order valence-corrected chi connectivity index (χ0v) is 12.8. The van der Waals surface area contributed by atoms with Crippen LogP contribution in [0.5, 0.6) is 5.75 Å². The lowest BCUT2D eigenvalue weighted by Gasteiger charge is -2.07. The van der Waals surface area contributed by atoms with E-state index in [2.05, 4.69) is 10.3 Å². The van der Waals surface area contributed by atoms with Crippen LogP contribution in [0.25, 0.3) is 10.8 Å². The minimum absolute atomic E-state index is 0.0737. The maximum Gasteiger partial charge on any atom is 0.360 e. The molecule has 0 bridgehead atoms. The number of anilines is 1. The van der Waals surface area contributed by atoms with Crippen molar-refractivity contribution in [1.82, 2.24) is 4.98 Å². The summed E-state index contributed by atoms with van der Waals surface area (Å²) in [5.74, 6) is -0.540. The lowest BCUT2D eigenvalue weighted by Crippen LogP contribution is -2.17. The molecule has 0 aliphatic carbocycles. The normalized spacial score (nSPS) is 10.4. The van der Waals surface area contributed by atoms with E-state index in [0.29, 0.717) is 22.2 Å². The molecule has 1 aromatic heterocycles. The van der Waals surface area contributed by atoms with Gasteiger partial charge in [-0.15, -0.1) is 0 Å². The Labute approximate surface area is 137 Å². The molecule has 0 radical (unpaired) electrons. The van der Waals surface area contributed by atoms with Crippen molar-refractivity contribution in [3.63, 3.8) is 0 Å². The van der Waals surface area contributed by atoms with E-state index in [4.69, 9.17) is 4.74 Å². The zero-order valence-electron chi connectivity index (χ0n) is 12.8. The highest BCUT2D eigenvalue weighted by molar-refractivity contribution is 5.94. The summed E-state index contributed by atoms with van der Waals surface area (Å²) in [6, 6.07) is 14.9. The second-order valence-electron chi connectivity index (χ2n) is 5.19. The fourth-order valence-electron chi connectivity index (χ4n) is 2.29. The SMILES string of the molecule is CC(=O)Nc1ccc(OC(=O)c2cc3ccccc3c(=O)[nH]2)cc1. The summed E-state index contributed by atoms with van der Waals surface area (Å²) in [5, 5.41) is 3.79. The number of carbonyl (C=O) groups is 2. The van der Waals surface area contributed by atoms with Gasteiger partial charge < -0.3 is 15.0 Å². The average molecular weight is 322 g/mol. The third-order valence-corrected chi connectivity index (χ3v) is 3.36. The van der Waals surface area contributed by atoms with Gasteiger partial charge >= 0.3 is 5.97 Å². The van der Waals surface area contributed by atoms with Gasteiger partial charge in [0.1, 0.15) is 11.4 Å². The Hall–Kier alpha value is -3.41. The van der Waals surface area contributed by atoms with Crippen molar-refractivity contribution in [3.8, 4) is 5.75 Å². The van der Waals surface area contributed by atoms with Gasteiger partial charge in [0.25, 0.3) is 5.56 Å². The fraction of sp³-hybridized carbons (Fsp3) is 0.0556. The highest BCUT2D eigenvalue weighted by atomic mass is 16.5. The number of rotatable bonds is 3. The van der Waals surface area contributed by atoms with Crippen molar-refractivity contribution in [3.05, 3.63) is 70.6 Å².